The normalized spacial score (nSPS) is 38.7. The molecule has 4 saturated carbocycles. The molecule has 0 spiro atoms. The van der Waals surface area contributed by atoms with Crippen molar-refractivity contribution in [1.82, 2.24) is 10.2 Å². The largest absolute Gasteiger partial charge is 0.369 e. The van der Waals surface area contributed by atoms with Crippen molar-refractivity contribution >= 4 is 11.8 Å². The van der Waals surface area contributed by atoms with E-state index in [1.807, 2.05) is 18.2 Å². The first-order chi connectivity index (χ1) is 14.0. The molecule has 29 heavy (non-hydrogen) atoms. The number of nitrogens with one attached hydrogen (secondary N) is 1. The van der Waals surface area contributed by atoms with Crippen molar-refractivity contribution in [1.29, 1.82) is 0 Å². The summed E-state index contributed by atoms with van der Waals surface area (Å²) in [6, 6.07) is 10.5. The summed E-state index contributed by atoms with van der Waals surface area (Å²) in [6.07, 6.45) is 4.44. The van der Waals surface area contributed by atoms with Crippen LogP contribution in [0.1, 0.15) is 37.7 Å². The van der Waals surface area contributed by atoms with Gasteiger partial charge in [0.15, 0.2) is 0 Å². The summed E-state index contributed by atoms with van der Waals surface area (Å²) in [4.78, 5) is 27.5. The molecule has 0 radical (unpaired) electrons. The number of carbonyl (C=O) groups is 2. The molecule has 2 amide bonds. The van der Waals surface area contributed by atoms with Gasteiger partial charge in [-0.2, -0.15) is 0 Å². The molecule has 1 heterocycles. The summed E-state index contributed by atoms with van der Waals surface area (Å²) in [5, 5.41) is 3.33. The van der Waals surface area contributed by atoms with Crippen LogP contribution < -0.4 is 11.1 Å². The van der Waals surface area contributed by atoms with Gasteiger partial charge >= 0.3 is 0 Å². The second-order valence-electron chi connectivity index (χ2n) is 9.73. The molecule has 4 aliphatic carbocycles. The van der Waals surface area contributed by atoms with Crippen molar-refractivity contribution in [2.75, 3.05) is 19.7 Å². The predicted octanol–water partition coefficient (Wildman–Crippen LogP) is 1.68. The van der Waals surface area contributed by atoms with Gasteiger partial charge in [0, 0.05) is 31.1 Å². The molecule has 4 bridgehead atoms. The average Bonchev–Trinajstić information content (AvgIpc) is 2.71. The van der Waals surface area contributed by atoms with Crippen LogP contribution in [0.3, 0.4) is 0 Å². The van der Waals surface area contributed by atoms with Crippen LogP contribution in [0.25, 0.3) is 0 Å². The molecule has 1 aliphatic heterocycles. The van der Waals surface area contributed by atoms with Crippen molar-refractivity contribution < 1.29 is 14.3 Å². The van der Waals surface area contributed by atoms with Gasteiger partial charge in [0.25, 0.3) is 5.91 Å². The van der Waals surface area contributed by atoms with E-state index < -0.39 is 6.10 Å². The van der Waals surface area contributed by atoms with Crippen molar-refractivity contribution in [3.8, 4) is 0 Å². The highest BCUT2D eigenvalue weighted by atomic mass is 16.5. The third kappa shape index (κ3) is 3.57. The Morgan fingerprint density at radius 2 is 1.86 bits per heavy atom. The van der Waals surface area contributed by atoms with Crippen LogP contribution in [0.2, 0.25) is 0 Å². The van der Waals surface area contributed by atoms with Crippen molar-refractivity contribution in [2.45, 2.75) is 50.8 Å². The van der Waals surface area contributed by atoms with E-state index >= 15 is 0 Å². The number of morpholine rings is 1. The van der Waals surface area contributed by atoms with Gasteiger partial charge in [-0.15, -0.1) is 0 Å². The van der Waals surface area contributed by atoms with Crippen LogP contribution in [0.5, 0.6) is 0 Å². The zero-order valence-electron chi connectivity index (χ0n) is 16.9. The van der Waals surface area contributed by atoms with Gasteiger partial charge in [0.1, 0.15) is 6.10 Å². The second kappa shape index (κ2) is 7.40. The topological polar surface area (TPSA) is 84.7 Å². The molecule has 1 saturated heterocycles. The molecule has 6 rings (SSSR count). The van der Waals surface area contributed by atoms with Gasteiger partial charge < -0.3 is 15.8 Å². The molecule has 2 unspecified atom stereocenters. The Morgan fingerprint density at radius 1 is 1.14 bits per heavy atom. The number of carbonyl (C=O) groups excluding carboxylic acids is 2. The van der Waals surface area contributed by atoms with Crippen LogP contribution in [0.15, 0.2) is 30.3 Å². The van der Waals surface area contributed by atoms with E-state index in [1.165, 1.54) is 5.56 Å². The van der Waals surface area contributed by atoms with Crippen LogP contribution in [-0.4, -0.2) is 48.6 Å². The van der Waals surface area contributed by atoms with Gasteiger partial charge in [-0.1, -0.05) is 30.3 Å². The van der Waals surface area contributed by atoms with E-state index in [2.05, 4.69) is 22.3 Å². The lowest BCUT2D eigenvalue weighted by Crippen LogP contribution is -2.63. The summed E-state index contributed by atoms with van der Waals surface area (Å²) in [5.74, 6) is 1.23. The Morgan fingerprint density at radius 3 is 2.55 bits per heavy atom. The Kier molecular flexibility index (Phi) is 4.87. The number of nitrogens with two attached hydrogens (primary N) is 1. The summed E-state index contributed by atoms with van der Waals surface area (Å²) in [5.41, 5.74) is 6.72. The van der Waals surface area contributed by atoms with Gasteiger partial charge in [0.05, 0.1) is 6.61 Å². The maximum absolute atomic E-state index is 13.0. The molecule has 3 atom stereocenters. The number of benzene rings is 1. The first kappa shape index (κ1) is 19.1. The number of ether oxygens (including phenoxy) is 1. The lowest BCUT2D eigenvalue weighted by atomic mass is 9.47. The van der Waals surface area contributed by atoms with E-state index in [4.69, 9.17) is 10.5 Å². The van der Waals surface area contributed by atoms with Gasteiger partial charge in [0.2, 0.25) is 5.91 Å². The lowest BCUT2D eigenvalue weighted by Gasteiger charge is -2.59. The second-order valence-corrected chi connectivity index (χ2v) is 9.73. The molecular formula is C23H31N3O3. The van der Waals surface area contributed by atoms with E-state index in [1.54, 1.807) is 0 Å². The molecule has 156 valence electrons. The minimum Gasteiger partial charge on any atom is -0.369 e. The van der Waals surface area contributed by atoms with Gasteiger partial charge in [-0.05, 0) is 55.4 Å². The standard InChI is InChI=1S/C23H31N3O3/c24-22(28)23-10-16-8-17(11-23)20(18(9-16)12-23)25-21(27)19-14-26(6-7-29-19)13-15-4-2-1-3-5-15/h1-5,16-20H,6-14H2,(H2,24,28)(H,25,27)/t16?,17?,18?,19-,20?,23?/m1/s1. The number of hydrogen-bond acceptors (Lipinski definition) is 4. The minimum atomic E-state index is -0.422. The maximum Gasteiger partial charge on any atom is 0.250 e. The highest BCUT2D eigenvalue weighted by Gasteiger charge is 2.58. The number of rotatable bonds is 5. The zero-order valence-corrected chi connectivity index (χ0v) is 16.9. The Bertz CT molecular complexity index is 767. The van der Waals surface area contributed by atoms with E-state index in [0.717, 1.165) is 45.2 Å². The molecule has 0 aromatic heterocycles. The fraction of sp³-hybridized carbons (Fsp3) is 0.652. The quantitative estimate of drug-likeness (QED) is 0.792. The SMILES string of the molecule is NC(=O)C12CC3CC(C1)C(NC(=O)[C@H]1CN(Cc4ccccc4)CCO1)C(C3)C2. The summed E-state index contributed by atoms with van der Waals surface area (Å²) in [7, 11) is 0. The number of amides is 2. The molecular weight excluding hydrogens is 366 g/mol. The summed E-state index contributed by atoms with van der Waals surface area (Å²) in [6.45, 7) is 2.88. The van der Waals surface area contributed by atoms with E-state index in [9.17, 15) is 9.59 Å². The number of hydrogen-bond donors (Lipinski definition) is 2. The van der Waals surface area contributed by atoms with E-state index in [-0.39, 0.29) is 23.3 Å². The fourth-order valence-corrected chi connectivity index (χ4v) is 6.67. The van der Waals surface area contributed by atoms with Crippen molar-refractivity contribution in [3.63, 3.8) is 0 Å². The van der Waals surface area contributed by atoms with Crippen LogP contribution >= 0.6 is 0 Å². The molecule has 6 heteroatoms. The Balaban J connectivity index is 1.21. The van der Waals surface area contributed by atoms with Crippen LogP contribution in [-0.2, 0) is 20.9 Å². The highest BCUT2D eigenvalue weighted by Crippen LogP contribution is 2.59. The molecule has 1 aromatic rings. The fourth-order valence-electron chi connectivity index (χ4n) is 6.67. The first-order valence-corrected chi connectivity index (χ1v) is 11.0. The van der Waals surface area contributed by atoms with Crippen molar-refractivity contribution in [2.24, 2.45) is 28.9 Å². The first-order valence-electron chi connectivity index (χ1n) is 11.0. The third-order valence-electron chi connectivity index (χ3n) is 7.80. The number of nitrogens with zero attached hydrogens (tertiary/aromatic N) is 1. The zero-order chi connectivity index (χ0) is 20.0. The van der Waals surface area contributed by atoms with Crippen molar-refractivity contribution in [3.05, 3.63) is 35.9 Å². The molecule has 3 N–H and O–H groups in total. The lowest BCUT2D eigenvalue weighted by molar-refractivity contribution is -0.151. The van der Waals surface area contributed by atoms with Crippen LogP contribution in [0, 0.1) is 23.2 Å². The molecule has 1 aromatic carbocycles. The molecule has 6 nitrogen and oxygen atoms in total. The maximum atomic E-state index is 13.0. The number of primary amides is 1. The average molecular weight is 398 g/mol. The van der Waals surface area contributed by atoms with Crippen LogP contribution in [0.4, 0.5) is 0 Å². The molecule has 5 aliphatic rings. The summed E-state index contributed by atoms with van der Waals surface area (Å²) < 4.78 is 5.83. The summed E-state index contributed by atoms with van der Waals surface area (Å²) >= 11 is 0. The minimum absolute atomic E-state index is 0.00774. The predicted molar refractivity (Wildman–Crippen MR) is 109 cm³/mol. The Hall–Kier alpha value is -1.92. The molecule has 5 fully saturated rings. The monoisotopic (exact) mass is 397 g/mol. The van der Waals surface area contributed by atoms with E-state index in [0.29, 0.717) is 30.9 Å². The van der Waals surface area contributed by atoms with Gasteiger partial charge in [-0.3, -0.25) is 14.5 Å². The highest BCUT2D eigenvalue weighted by molar-refractivity contribution is 5.83. The Labute approximate surface area is 172 Å². The third-order valence-corrected chi connectivity index (χ3v) is 7.80. The smallest absolute Gasteiger partial charge is 0.250 e. The van der Waals surface area contributed by atoms with Gasteiger partial charge in [-0.25, -0.2) is 0 Å².